The van der Waals surface area contributed by atoms with Gasteiger partial charge in [-0.05, 0) is 27.7 Å². The molecule has 102 valence electrons. The largest absolute Gasteiger partial charge is 0.389 e. The van der Waals surface area contributed by atoms with Gasteiger partial charge in [0.15, 0.2) is 0 Å². The summed E-state index contributed by atoms with van der Waals surface area (Å²) in [4.78, 5) is 11.1. The highest BCUT2D eigenvalue weighted by molar-refractivity contribution is 5.75. The smallest absolute Gasteiger partial charge is 0.221 e. The minimum absolute atomic E-state index is 0.0282. The van der Waals surface area contributed by atoms with E-state index in [1.807, 2.05) is 27.7 Å². The number of aliphatic hydroxyl groups excluding tert-OH is 1. The number of hydrogen-bond acceptors (Lipinski definition) is 4. The van der Waals surface area contributed by atoms with Gasteiger partial charge in [-0.3, -0.25) is 4.79 Å². The first-order valence-corrected chi connectivity index (χ1v) is 6.14. The molecule has 0 radical (unpaired) electrons. The second kappa shape index (κ2) is 8.44. The number of rotatable bonds is 8. The Kier molecular flexibility index (Phi) is 8.12. The summed E-state index contributed by atoms with van der Waals surface area (Å²) in [7, 11) is 0. The maximum atomic E-state index is 11.1. The van der Waals surface area contributed by atoms with Crippen molar-refractivity contribution in [1.29, 1.82) is 0 Å². The SMILES string of the molecule is CCNC(=O)CCNCC(O)COC(C)(C)C. The molecule has 0 rings (SSSR count). The van der Waals surface area contributed by atoms with Crippen LogP contribution in [0.5, 0.6) is 0 Å². The van der Waals surface area contributed by atoms with E-state index in [0.29, 0.717) is 32.7 Å². The second-order valence-corrected chi connectivity index (χ2v) is 4.98. The van der Waals surface area contributed by atoms with Crippen molar-refractivity contribution in [1.82, 2.24) is 10.6 Å². The summed E-state index contributed by atoms with van der Waals surface area (Å²) in [6, 6.07) is 0. The first-order valence-electron chi connectivity index (χ1n) is 6.14. The first kappa shape index (κ1) is 16.4. The molecule has 0 aromatic carbocycles. The molecule has 0 spiro atoms. The fourth-order valence-corrected chi connectivity index (χ4v) is 1.16. The number of hydrogen-bond donors (Lipinski definition) is 3. The highest BCUT2D eigenvalue weighted by atomic mass is 16.5. The third-order valence-electron chi connectivity index (χ3n) is 1.99. The fraction of sp³-hybridized carbons (Fsp3) is 0.917. The van der Waals surface area contributed by atoms with Gasteiger partial charge in [-0.2, -0.15) is 0 Å². The van der Waals surface area contributed by atoms with E-state index in [0.717, 1.165) is 0 Å². The normalized spacial score (nSPS) is 13.5. The van der Waals surface area contributed by atoms with Crippen molar-refractivity contribution < 1.29 is 14.6 Å². The van der Waals surface area contributed by atoms with Gasteiger partial charge in [-0.1, -0.05) is 0 Å². The van der Waals surface area contributed by atoms with Gasteiger partial charge in [-0.25, -0.2) is 0 Å². The fourth-order valence-electron chi connectivity index (χ4n) is 1.16. The minimum Gasteiger partial charge on any atom is -0.389 e. The molecule has 0 heterocycles. The summed E-state index contributed by atoms with van der Waals surface area (Å²) in [5.74, 6) is 0.0282. The molecule has 0 aromatic rings. The van der Waals surface area contributed by atoms with E-state index in [9.17, 15) is 9.90 Å². The van der Waals surface area contributed by atoms with Gasteiger partial charge in [0.2, 0.25) is 5.91 Å². The molecule has 17 heavy (non-hydrogen) atoms. The van der Waals surface area contributed by atoms with Crippen molar-refractivity contribution >= 4 is 5.91 Å². The van der Waals surface area contributed by atoms with E-state index in [2.05, 4.69) is 10.6 Å². The van der Waals surface area contributed by atoms with Gasteiger partial charge in [0.25, 0.3) is 0 Å². The molecule has 0 fully saturated rings. The average Bonchev–Trinajstić information content (AvgIpc) is 2.21. The lowest BCUT2D eigenvalue weighted by Gasteiger charge is -2.22. The maximum absolute atomic E-state index is 11.1. The van der Waals surface area contributed by atoms with E-state index in [4.69, 9.17) is 4.74 Å². The average molecular weight is 246 g/mol. The predicted molar refractivity (Wildman–Crippen MR) is 67.9 cm³/mol. The van der Waals surface area contributed by atoms with Crippen LogP contribution in [0.25, 0.3) is 0 Å². The highest BCUT2D eigenvalue weighted by Gasteiger charge is 2.13. The highest BCUT2D eigenvalue weighted by Crippen LogP contribution is 2.06. The Balaban J connectivity index is 3.45. The van der Waals surface area contributed by atoms with Crippen LogP contribution in [0.4, 0.5) is 0 Å². The molecule has 3 N–H and O–H groups in total. The third-order valence-corrected chi connectivity index (χ3v) is 1.99. The number of carbonyl (C=O) groups is 1. The Labute approximate surface area is 104 Å². The molecule has 5 nitrogen and oxygen atoms in total. The Morgan fingerprint density at radius 1 is 1.41 bits per heavy atom. The quantitative estimate of drug-likeness (QED) is 0.538. The van der Waals surface area contributed by atoms with Gasteiger partial charge < -0.3 is 20.5 Å². The van der Waals surface area contributed by atoms with Crippen LogP contribution in [0.3, 0.4) is 0 Å². The van der Waals surface area contributed by atoms with Crippen molar-refractivity contribution in [2.75, 3.05) is 26.2 Å². The van der Waals surface area contributed by atoms with Crippen LogP contribution in [0, 0.1) is 0 Å². The number of carbonyl (C=O) groups excluding carboxylic acids is 1. The van der Waals surface area contributed by atoms with Gasteiger partial charge in [0.1, 0.15) is 0 Å². The predicted octanol–water partition coefficient (Wildman–Crippen LogP) is 0.278. The zero-order valence-electron chi connectivity index (χ0n) is 11.4. The Hall–Kier alpha value is -0.650. The van der Waals surface area contributed by atoms with Crippen molar-refractivity contribution in [3.63, 3.8) is 0 Å². The minimum atomic E-state index is -0.538. The van der Waals surface area contributed by atoms with Gasteiger partial charge in [0.05, 0.1) is 18.3 Å². The van der Waals surface area contributed by atoms with Crippen LogP contribution in [-0.4, -0.2) is 49.0 Å². The zero-order valence-corrected chi connectivity index (χ0v) is 11.4. The zero-order chi connectivity index (χ0) is 13.3. The number of amides is 1. The van der Waals surface area contributed by atoms with Crippen LogP contribution >= 0.6 is 0 Å². The summed E-state index contributed by atoms with van der Waals surface area (Å²) in [5.41, 5.74) is -0.234. The summed E-state index contributed by atoms with van der Waals surface area (Å²) in [6.07, 6.45) is -0.107. The topological polar surface area (TPSA) is 70.6 Å². The molecule has 0 aliphatic rings. The molecule has 5 heteroatoms. The monoisotopic (exact) mass is 246 g/mol. The van der Waals surface area contributed by atoms with Gasteiger partial charge in [-0.15, -0.1) is 0 Å². The van der Waals surface area contributed by atoms with Crippen molar-refractivity contribution in [3.8, 4) is 0 Å². The van der Waals surface area contributed by atoms with Crippen LogP contribution in [0.2, 0.25) is 0 Å². The van der Waals surface area contributed by atoms with Crippen LogP contribution < -0.4 is 10.6 Å². The molecule has 0 saturated heterocycles. The molecule has 1 atom stereocenters. The summed E-state index contributed by atoms with van der Waals surface area (Å²) < 4.78 is 5.44. The summed E-state index contributed by atoms with van der Waals surface area (Å²) in [5, 5.41) is 15.3. The maximum Gasteiger partial charge on any atom is 0.221 e. The number of ether oxygens (including phenoxy) is 1. The molecule has 0 aliphatic heterocycles. The number of nitrogens with one attached hydrogen (secondary N) is 2. The Morgan fingerprint density at radius 2 is 2.06 bits per heavy atom. The van der Waals surface area contributed by atoms with Crippen LogP contribution in [0.1, 0.15) is 34.1 Å². The van der Waals surface area contributed by atoms with Crippen molar-refractivity contribution in [2.24, 2.45) is 0 Å². The molecule has 0 saturated carbocycles. The lowest BCUT2D eigenvalue weighted by Crippen LogP contribution is -2.35. The first-order chi connectivity index (χ1) is 7.85. The molecular formula is C12H26N2O3. The summed E-state index contributed by atoms with van der Waals surface area (Å²) in [6.45, 7) is 9.69. The second-order valence-electron chi connectivity index (χ2n) is 4.98. The van der Waals surface area contributed by atoms with Crippen LogP contribution in [-0.2, 0) is 9.53 Å². The van der Waals surface area contributed by atoms with E-state index in [1.165, 1.54) is 0 Å². The van der Waals surface area contributed by atoms with E-state index in [1.54, 1.807) is 0 Å². The molecule has 1 unspecified atom stereocenters. The molecule has 1 amide bonds. The molecule has 0 bridgehead atoms. The standard InChI is InChI=1S/C12H26N2O3/c1-5-14-11(16)6-7-13-8-10(15)9-17-12(2,3)4/h10,13,15H,5-9H2,1-4H3,(H,14,16). The van der Waals surface area contributed by atoms with E-state index in [-0.39, 0.29) is 11.5 Å². The van der Waals surface area contributed by atoms with Crippen molar-refractivity contribution in [2.45, 2.75) is 45.8 Å². The van der Waals surface area contributed by atoms with Crippen LogP contribution in [0.15, 0.2) is 0 Å². The van der Waals surface area contributed by atoms with Crippen molar-refractivity contribution in [3.05, 3.63) is 0 Å². The van der Waals surface area contributed by atoms with Gasteiger partial charge in [0, 0.05) is 26.1 Å². The lowest BCUT2D eigenvalue weighted by molar-refractivity contribution is -0.120. The Bertz CT molecular complexity index is 214. The van der Waals surface area contributed by atoms with Gasteiger partial charge >= 0.3 is 0 Å². The molecule has 0 aliphatic carbocycles. The summed E-state index contributed by atoms with van der Waals surface area (Å²) >= 11 is 0. The molecular weight excluding hydrogens is 220 g/mol. The van der Waals surface area contributed by atoms with E-state index >= 15 is 0 Å². The third kappa shape index (κ3) is 11.6. The number of aliphatic hydroxyl groups is 1. The molecule has 0 aromatic heterocycles. The Morgan fingerprint density at radius 3 is 2.59 bits per heavy atom. The lowest BCUT2D eigenvalue weighted by atomic mass is 10.2. The van der Waals surface area contributed by atoms with E-state index < -0.39 is 6.10 Å².